The minimum absolute atomic E-state index is 0.293. The normalized spacial score (nSPS) is 20.7. The molecule has 0 spiro atoms. The molecule has 3 heteroatoms. The summed E-state index contributed by atoms with van der Waals surface area (Å²) in [6.07, 6.45) is 3.39. The molecule has 72 valence electrons. The summed E-state index contributed by atoms with van der Waals surface area (Å²) in [4.78, 5) is 13.0. The van der Waals surface area contributed by atoms with E-state index in [-0.39, 0.29) is 0 Å². The van der Waals surface area contributed by atoms with Crippen LogP contribution in [0.2, 0.25) is 0 Å². The van der Waals surface area contributed by atoms with Crippen molar-refractivity contribution in [1.82, 2.24) is 0 Å². The first-order valence-corrected chi connectivity index (χ1v) is 5.96. The Balaban J connectivity index is 2.10. The average Bonchev–Trinajstić information content (AvgIpc) is 2.66. The van der Waals surface area contributed by atoms with E-state index in [1.165, 1.54) is 18.4 Å². The van der Waals surface area contributed by atoms with Crippen molar-refractivity contribution >= 4 is 22.8 Å². The molecule has 0 N–H and O–H groups in total. The summed E-state index contributed by atoms with van der Waals surface area (Å²) in [5.41, 5.74) is 2.29. The van der Waals surface area contributed by atoms with Gasteiger partial charge in [0.15, 0.2) is 6.54 Å². The van der Waals surface area contributed by atoms with Crippen LogP contribution in [0.3, 0.4) is 0 Å². The number of carbonyl (C=O) groups is 1. The Morgan fingerprint density at radius 2 is 2.29 bits per heavy atom. The van der Waals surface area contributed by atoms with Gasteiger partial charge in [-0.25, -0.2) is 4.58 Å². The molecule has 0 unspecified atom stereocenters. The van der Waals surface area contributed by atoms with Crippen molar-refractivity contribution in [2.24, 2.45) is 0 Å². The summed E-state index contributed by atoms with van der Waals surface area (Å²) >= 11 is 1.59. The van der Waals surface area contributed by atoms with E-state index >= 15 is 0 Å². The van der Waals surface area contributed by atoms with E-state index in [0.717, 1.165) is 30.1 Å². The maximum absolute atomic E-state index is 12.0. The molecule has 1 aromatic heterocycles. The van der Waals surface area contributed by atoms with Crippen molar-refractivity contribution in [1.29, 1.82) is 0 Å². The van der Waals surface area contributed by atoms with E-state index in [1.807, 2.05) is 5.38 Å². The summed E-state index contributed by atoms with van der Waals surface area (Å²) in [6, 6.07) is 2.09. The first-order valence-electron chi connectivity index (χ1n) is 5.08. The molecular weight excluding hydrogens is 194 g/mol. The number of hydrogen-bond donors (Lipinski definition) is 0. The second kappa shape index (κ2) is 3.02. The summed E-state index contributed by atoms with van der Waals surface area (Å²) in [6.45, 7) is 2.02. The van der Waals surface area contributed by atoms with Gasteiger partial charge in [-0.2, -0.15) is 0 Å². The third kappa shape index (κ3) is 1.08. The van der Waals surface area contributed by atoms with E-state index in [9.17, 15) is 4.79 Å². The zero-order valence-electron chi connectivity index (χ0n) is 7.95. The number of thiophene rings is 1. The molecule has 0 saturated heterocycles. The van der Waals surface area contributed by atoms with Gasteiger partial charge in [-0.05, 0) is 17.9 Å². The summed E-state index contributed by atoms with van der Waals surface area (Å²) in [7, 11) is 0. The van der Waals surface area contributed by atoms with Crippen molar-refractivity contribution in [3.63, 3.8) is 0 Å². The molecule has 0 radical (unpaired) electrons. The number of Topliss-reactive ketones (excluding diaryl/α,β-unsaturated/α-hetero) is 1. The maximum atomic E-state index is 12.0. The van der Waals surface area contributed by atoms with Gasteiger partial charge in [-0.15, -0.1) is 11.3 Å². The number of ketones is 1. The minimum atomic E-state index is 0.293. The highest BCUT2D eigenvalue weighted by Crippen LogP contribution is 2.25. The van der Waals surface area contributed by atoms with Crippen LogP contribution in [0.1, 0.15) is 34.5 Å². The highest BCUT2D eigenvalue weighted by molar-refractivity contribution is 7.13. The smallest absolute Gasteiger partial charge is 0.262 e. The van der Waals surface area contributed by atoms with Crippen LogP contribution in [-0.4, -0.2) is 22.6 Å². The van der Waals surface area contributed by atoms with Crippen LogP contribution in [0, 0.1) is 0 Å². The molecule has 0 fully saturated rings. The molecule has 0 aromatic carbocycles. The Morgan fingerprint density at radius 1 is 1.36 bits per heavy atom. The highest BCUT2D eigenvalue weighted by atomic mass is 32.1. The van der Waals surface area contributed by atoms with Crippen LogP contribution < -0.4 is 0 Å². The molecule has 2 nitrogen and oxygen atoms in total. The van der Waals surface area contributed by atoms with Crippen LogP contribution in [0.5, 0.6) is 0 Å². The van der Waals surface area contributed by atoms with E-state index < -0.39 is 0 Å². The zero-order chi connectivity index (χ0) is 9.54. The minimum Gasteiger partial charge on any atom is -0.281 e. The third-order valence-corrected chi connectivity index (χ3v) is 4.01. The second-order valence-electron chi connectivity index (χ2n) is 3.93. The number of rotatable bonds is 0. The Labute approximate surface area is 86.9 Å². The molecular formula is C11H12NOS+. The average molecular weight is 206 g/mol. The van der Waals surface area contributed by atoms with Gasteiger partial charge in [0.25, 0.3) is 5.78 Å². The lowest BCUT2D eigenvalue weighted by Crippen LogP contribution is -2.35. The molecule has 0 atom stereocenters. The number of carbonyl (C=O) groups excluding carboxylic acids is 1. The molecule has 3 rings (SSSR count). The highest BCUT2D eigenvalue weighted by Gasteiger charge is 2.34. The van der Waals surface area contributed by atoms with E-state index in [2.05, 4.69) is 10.6 Å². The molecule has 14 heavy (non-hydrogen) atoms. The Bertz CT molecular complexity index is 430. The standard InChI is InChI=1S/C11H12NOS/c13-10-9-3-1-2-5-12(9)7-8-4-6-14-11(8)10/h4,6H,1-3,5,7H2/q+1. The molecule has 0 aliphatic carbocycles. The van der Waals surface area contributed by atoms with Crippen molar-refractivity contribution in [3.8, 4) is 0 Å². The second-order valence-corrected chi connectivity index (χ2v) is 4.85. The number of fused-ring (bicyclic) bond motifs is 1. The van der Waals surface area contributed by atoms with Gasteiger partial charge in [-0.3, -0.25) is 4.79 Å². The molecule has 3 heterocycles. The fraction of sp³-hybridized carbons (Fsp3) is 0.455. The quantitative estimate of drug-likeness (QED) is 0.595. The lowest BCUT2D eigenvalue weighted by Gasteiger charge is -2.17. The first-order chi connectivity index (χ1) is 6.86. The van der Waals surface area contributed by atoms with Crippen LogP contribution in [-0.2, 0) is 6.54 Å². The third-order valence-electron chi connectivity index (χ3n) is 3.05. The van der Waals surface area contributed by atoms with Gasteiger partial charge in [-0.1, -0.05) is 0 Å². The fourth-order valence-corrected chi connectivity index (χ4v) is 3.19. The lowest BCUT2D eigenvalue weighted by atomic mass is 9.98. The van der Waals surface area contributed by atoms with Gasteiger partial charge in [0.05, 0.1) is 4.88 Å². The maximum Gasteiger partial charge on any atom is 0.262 e. The SMILES string of the molecule is O=C1C2=[N+](CCCC2)Cc2ccsc21. The first kappa shape index (κ1) is 8.36. The fourth-order valence-electron chi connectivity index (χ4n) is 2.32. The van der Waals surface area contributed by atoms with Crippen LogP contribution in [0.25, 0.3) is 0 Å². The van der Waals surface area contributed by atoms with Crippen LogP contribution >= 0.6 is 11.3 Å². The number of hydrogen-bond acceptors (Lipinski definition) is 2. The summed E-state index contributed by atoms with van der Waals surface area (Å²) in [5, 5.41) is 2.03. The lowest BCUT2D eigenvalue weighted by molar-refractivity contribution is -0.548. The van der Waals surface area contributed by atoms with Gasteiger partial charge in [0, 0.05) is 18.4 Å². The van der Waals surface area contributed by atoms with Crippen molar-refractivity contribution in [2.75, 3.05) is 6.54 Å². The van der Waals surface area contributed by atoms with Crippen LogP contribution in [0.15, 0.2) is 11.4 Å². The molecule has 1 aromatic rings. The Hall–Kier alpha value is -0.960. The van der Waals surface area contributed by atoms with E-state index in [4.69, 9.17) is 0 Å². The van der Waals surface area contributed by atoms with Gasteiger partial charge in [0.2, 0.25) is 5.71 Å². The summed E-state index contributed by atoms with van der Waals surface area (Å²) < 4.78 is 2.26. The monoisotopic (exact) mass is 206 g/mol. The molecule has 0 bridgehead atoms. The molecule has 2 aliphatic rings. The van der Waals surface area contributed by atoms with Crippen molar-refractivity contribution in [2.45, 2.75) is 25.8 Å². The van der Waals surface area contributed by atoms with Crippen molar-refractivity contribution < 1.29 is 9.37 Å². The van der Waals surface area contributed by atoms with Crippen molar-refractivity contribution in [3.05, 3.63) is 21.9 Å². The largest absolute Gasteiger partial charge is 0.281 e. The van der Waals surface area contributed by atoms with E-state index in [0.29, 0.717) is 5.78 Å². The molecule has 0 amide bonds. The van der Waals surface area contributed by atoms with Gasteiger partial charge >= 0.3 is 0 Å². The van der Waals surface area contributed by atoms with Gasteiger partial charge in [0.1, 0.15) is 6.54 Å². The number of nitrogens with zero attached hydrogens (tertiary/aromatic N) is 1. The zero-order valence-corrected chi connectivity index (χ0v) is 8.77. The predicted octanol–water partition coefficient (Wildman–Crippen LogP) is 2.08. The summed E-state index contributed by atoms with van der Waals surface area (Å²) in [5.74, 6) is 0.293. The Kier molecular flexibility index (Phi) is 1.80. The van der Waals surface area contributed by atoms with E-state index in [1.54, 1.807) is 11.3 Å². The Morgan fingerprint density at radius 3 is 3.21 bits per heavy atom. The topological polar surface area (TPSA) is 20.1 Å². The predicted molar refractivity (Wildman–Crippen MR) is 56.3 cm³/mol. The molecule has 2 aliphatic heterocycles. The molecule has 0 saturated carbocycles. The van der Waals surface area contributed by atoms with Crippen LogP contribution in [0.4, 0.5) is 0 Å². The van der Waals surface area contributed by atoms with Gasteiger partial charge < -0.3 is 0 Å².